The Kier molecular flexibility index (Phi) is 6.68. The van der Waals surface area contributed by atoms with Crippen molar-refractivity contribution in [2.45, 2.75) is 51.4 Å². The number of benzene rings is 1. The van der Waals surface area contributed by atoms with Crippen molar-refractivity contribution in [3.05, 3.63) is 36.0 Å². The number of piperidine rings is 1. The number of halogens is 3. The Balaban J connectivity index is 1.69. The van der Waals surface area contributed by atoms with Crippen molar-refractivity contribution in [3.63, 3.8) is 0 Å². The fourth-order valence-corrected chi connectivity index (χ4v) is 4.18. The van der Waals surface area contributed by atoms with Gasteiger partial charge >= 0.3 is 6.18 Å². The number of nitrogens with two attached hydrogens (primary N) is 1. The maximum atomic E-state index is 13.0. The molecule has 1 saturated heterocycles. The first-order valence-corrected chi connectivity index (χ1v) is 11.4. The van der Waals surface area contributed by atoms with Crippen molar-refractivity contribution in [2.24, 2.45) is 5.73 Å². The van der Waals surface area contributed by atoms with E-state index in [9.17, 15) is 13.2 Å². The molecule has 4 N–H and O–H groups in total. The van der Waals surface area contributed by atoms with Crippen LogP contribution in [-0.4, -0.2) is 56.1 Å². The average Bonchev–Trinajstić information content (AvgIpc) is 3.10. The summed E-state index contributed by atoms with van der Waals surface area (Å²) >= 11 is 0. The van der Waals surface area contributed by atoms with Gasteiger partial charge in [-0.1, -0.05) is 0 Å². The minimum absolute atomic E-state index is 0.133. The van der Waals surface area contributed by atoms with Gasteiger partial charge in [-0.3, -0.25) is 4.57 Å². The first-order valence-electron chi connectivity index (χ1n) is 11.4. The molecular weight excluding hydrogens is 445 g/mol. The minimum Gasteiger partial charge on any atom is -0.350 e. The van der Waals surface area contributed by atoms with Crippen molar-refractivity contribution in [2.75, 3.05) is 36.8 Å². The smallest absolute Gasteiger partial charge is 0.350 e. The van der Waals surface area contributed by atoms with Crippen LogP contribution in [0.5, 0.6) is 0 Å². The summed E-state index contributed by atoms with van der Waals surface area (Å²) in [4.78, 5) is 16.2. The number of fused-ring (bicyclic) bond motifs is 1. The van der Waals surface area contributed by atoms with Gasteiger partial charge in [-0.25, -0.2) is 9.97 Å². The first-order chi connectivity index (χ1) is 16.0. The van der Waals surface area contributed by atoms with Crippen LogP contribution in [0.2, 0.25) is 0 Å². The molecule has 0 amide bonds. The van der Waals surface area contributed by atoms with E-state index < -0.39 is 11.7 Å². The molecule has 0 bridgehead atoms. The van der Waals surface area contributed by atoms with Gasteiger partial charge in [0.25, 0.3) is 0 Å². The summed E-state index contributed by atoms with van der Waals surface area (Å²) in [6, 6.07) is 5.08. The van der Waals surface area contributed by atoms with Gasteiger partial charge in [-0.05, 0) is 57.9 Å². The highest BCUT2D eigenvalue weighted by atomic mass is 19.4. The first kappa shape index (κ1) is 24.2. The summed E-state index contributed by atoms with van der Waals surface area (Å²) in [7, 11) is 0. The van der Waals surface area contributed by atoms with Gasteiger partial charge in [-0.15, -0.1) is 0 Å². The van der Waals surface area contributed by atoms with E-state index >= 15 is 0 Å². The highest BCUT2D eigenvalue weighted by molar-refractivity contribution is 5.76. The van der Waals surface area contributed by atoms with Crippen LogP contribution in [0.3, 0.4) is 0 Å². The number of aromatic nitrogens is 4. The summed E-state index contributed by atoms with van der Waals surface area (Å²) in [5.74, 6) is 1.04. The van der Waals surface area contributed by atoms with Crippen LogP contribution in [0.25, 0.3) is 11.2 Å². The molecular formula is C23H31F3N8. The Morgan fingerprint density at radius 2 is 1.74 bits per heavy atom. The van der Waals surface area contributed by atoms with Crippen LogP contribution in [0.15, 0.2) is 30.5 Å². The van der Waals surface area contributed by atoms with Gasteiger partial charge in [0.05, 0.1) is 11.8 Å². The third-order valence-corrected chi connectivity index (χ3v) is 5.76. The number of hydrogen-bond acceptors (Lipinski definition) is 7. The molecule has 0 radical (unpaired) electrons. The Labute approximate surface area is 196 Å². The molecule has 0 spiro atoms. The van der Waals surface area contributed by atoms with Crippen LogP contribution in [0.1, 0.15) is 45.2 Å². The van der Waals surface area contributed by atoms with Crippen molar-refractivity contribution in [1.29, 1.82) is 0 Å². The van der Waals surface area contributed by atoms with Gasteiger partial charge in [-0.2, -0.15) is 18.2 Å². The number of anilines is 3. The molecule has 2 aromatic heterocycles. The van der Waals surface area contributed by atoms with Gasteiger partial charge in [0.2, 0.25) is 11.9 Å². The SMILES string of the molecule is CC(C)(C)Nc1ncc2nc(Nc3ccc(C(F)(F)F)cc3)n(C3CCN(CCN)CC3)c2n1. The van der Waals surface area contributed by atoms with E-state index in [1.807, 2.05) is 20.8 Å². The zero-order chi connectivity index (χ0) is 24.5. The fraction of sp³-hybridized carbons (Fsp3) is 0.522. The normalized spacial score (nSPS) is 16.2. The molecule has 3 aromatic rings. The number of alkyl halides is 3. The Hall–Kier alpha value is -2.92. The summed E-state index contributed by atoms with van der Waals surface area (Å²) in [5, 5.41) is 6.50. The molecule has 1 fully saturated rings. The maximum Gasteiger partial charge on any atom is 0.416 e. The number of hydrogen-bond donors (Lipinski definition) is 3. The van der Waals surface area contributed by atoms with E-state index in [0.29, 0.717) is 35.3 Å². The fourth-order valence-electron chi connectivity index (χ4n) is 4.18. The maximum absolute atomic E-state index is 13.0. The zero-order valence-electron chi connectivity index (χ0n) is 19.7. The lowest BCUT2D eigenvalue weighted by atomic mass is 10.0. The van der Waals surface area contributed by atoms with E-state index in [2.05, 4.69) is 25.1 Å². The highest BCUT2D eigenvalue weighted by Gasteiger charge is 2.30. The lowest BCUT2D eigenvalue weighted by molar-refractivity contribution is -0.137. The van der Waals surface area contributed by atoms with Gasteiger partial charge in [0.1, 0.15) is 5.52 Å². The summed E-state index contributed by atoms with van der Waals surface area (Å²) < 4.78 is 41.0. The summed E-state index contributed by atoms with van der Waals surface area (Å²) in [6.45, 7) is 9.37. The van der Waals surface area contributed by atoms with E-state index in [1.54, 1.807) is 6.20 Å². The zero-order valence-corrected chi connectivity index (χ0v) is 19.7. The lowest BCUT2D eigenvalue weighted by Gasteiger charge is -2.33. The molecule has 34 heavy (non-hydrogen) atoms. The number of likely N-dealkylation sites (tertiary alicyclic amines) is 1. The molecule has 0 unspecified atom stereocenters. The van der Waals surface area contributed by atoms with Gasteiger partial charge in [0.15, 0.2) is 5.65 Å². The third-order valence-electron chi connectivity index (χ3n) is 5.76. The minimum atomic E-state index is -4.38. The average molecular weight is 477 g/mol. The molecule has 0 saturated carbocycles. The lowest BCUT2D eigenvalue weighted by Crippen LogP contribution is -2.37. The van der Waals surface area contributed by atoms with Gasteiger partial charge in [0, 0.05) is 43.4 Å². The Morgan fingerprint density at radius 1 is 1.06 bits per heavy atom. The second-order valence-corrected chi connectivity index (χ2v) is 9.64. The van der Waals surface area contributed by atoms with Crippen molar-refractivity contribution in [1.82, 2.24) is 24.4 Å². The molecule has 3 heterocycles. The number of rotatable bonds is 6. The molecule has 1 aromatic carbocycles. The van der Waals surface area contributed by atoms with Crippen LogP contribution < -0.4 is 16.4 Å². The summed E-state index contributed by atoms with van der Waals surface area (Å²) in [5.41, 5.74) is 6.64. The number of imidazole rings is 1. The monoisotopic (exact) mass is 476 g/mol. The number of nitrogens with zero attached hydrogens (tertiary/aromatic N) is 5. The Morgan fingerprint density at radius 3 is 2.32 bits per heavy atom. The van der Waals surface area contributed by atoms with E-state index in [-0.39, 0.29) is 11.6 Å². The van der Waals surface area contributed by atoms with Crippen molar-refractivity contribution >= 4 is 28.7 Å². The predicted molar refractivity (Wildman–Crippen MR) is 127 cm³/mol. The predicted octanol–water partition coefficient (Wildman–Crippen LogP) is 4.39. The quantitative estimate of drug-likeness (QED) is 0.485. The van der Waals surface area contributed by atoms with Crippen LogP contribution in [0, 0.1) is 0 Å². The summed E-state index contributed by atoms with van der Waals surface area (Å²) in [6.07, 6.45) is -0.929. The van der Waals surface area contributed by atoms with E-state index in [1.165, 1.54) is 12.1 Å². The number of nitrogens with one attached hydrogen (secondary N) is 2. The molecule has 4 rings (SSSR count). The highest BCUT2D eigenvalue weighted by Crippen LogP contribution is 2.33. The third kappa shape index (κ3) is 5.58. The molecule has 0 aliphatic carbocycles. The largest absolute Gasteiger partial charge is 0.416 e. The standard InChI is InChI=1S/C23H31F3N8/c1-22(2,3)32-20-28-14-18-19(31-20)34(17-8-11-33(12-9-17)13-10-27)21(30-18)29-16-6-4-15(5-7-16)23(24,25)26/h4-7,14,17H,8-13,27H2,1-3H3,(H,29,30)(H,28,31,32). The second-order valence-electron chi connectivity index (χ2n) is 9.64. The second kappa shape index (κ2) is 9.38. The van der Waals surface area contributed by atoms with Crippen LogP contribution >= 0.6 is 0 Å². The van der Waals surface area contributed by atoms with Crippen LogP contribution in [0.4, 0.5) is 30.8 Å². The van der Waals surface area contributed by atoms with Gasteiger partial charge < -0.3 is 21.3 Å². The molecule has 1 aliphatic heterocycles. The molecule has 1 aliphatic rings. The van der Waals surface area contributed by atoms with Crippen molar-refractivity contribution < 1.29 is 13.2 Å². The molecule has 8 nitrogen and oxygen atoms in total. The van der Waals surface area contributed by atoms with Crippen LogP contribution in [-0.2, 0) is 6.18 Å². The van der Waals surface area contributed by atoms with E-state index in [4.69, 9.17) is 15.7 Å². The van der Waals surface area contributed by atoms with E-state index in [0.717, 1.165) is 44.6 Å². The van der Waals surface area contributed by atoms with Crippen molar-refractivity contribution in [3.8, 4) is 0 Å². The topological polar surface area (TPSA) is 96.9 Å². The molecule has 11 heteroatoms. The molecule has 184 valence electrons. The Bertz CT molecular complexity index is 1110. The molecule has 0 atom stereocenters.